The van der Waals surface area contributed by atoms with Crippen molar-refractivity contribution in [3.8, 4) is 0 Å². The first-order valence-electron chi connectivity index (χ1n) is 2.67. The van der Waals surface area contributed by atoms with E-state index in [1.807, 2.05) is 0 Å². The fourth-order valence-corrected chi connectivity index (χ4v) is 0.317. The SMILES string of the molecule is C=CN/C=C(/F)C(=O)NC. The van der Waals surface area contributed by atoms with Crippen LogP contribution in [0, 0.1) is 0 Å². The molecule has 0 saturated heterocycles. The van der Waals surface area contributed by atoms with Crippen LogP contribution in [0.1, 0.15) is 0 Å². The summed E-state index contributed by atoms with van der Waals surface area (Å²) >= 11 is 0. The van der Waals surface area contributed by atoms with Gasteiger partial charge in [-0.1, -0.05) is 6.58 Å². The van der Waals surface area contributed by atoms with Crippen molar-refractivity contribution in [2.45, 2.75) is 0 Å². The average molecular weight is 144 g/mol. The third-order valence-corrected chi connectivity index (χ3v) is 0.772. The number of hydrogen-bond donors (Lipinski definition) is 2. The van der Waals surface area contributed by atoms with Gasteiger partial charge in [0, 0.05) is 13.2 Å². The Kier molecular flexibility index (Phi) is 3.95. The Bertz CT molecular complexity index is 165. The van der Waals surface area contributed by atoms with Gasteiger partial charge in [0.2, 0.25) is 5.83 Å². The Labute approximate surface area is 58.6 Å². The molecular weight excluding hydrogens is 135 g/mol. The van der Waals surface area contributed by atoms with Crippen molar-refractivity contribution in [3.05, 3.63) is 24.8 Å². The Morgan fingerprint density at radius 1 is 1.70 bits per heavy atom. The van der Waals surface area contributed by atoms with Gasteiger partial charge in [-0.25, -0.2) is 0 Å². The molecule has 0 aromatic heterocycles. The van der Waals surface area contributed by atoms with E-state index in [1.54, 1.807) is 0 Å². The molecule has 0 atom stereocenters. The largest absolute Gasteiger partial charge is 0.366 e. The number of carbonyl (C=O) groups is 1. The summed E-state index contributed by atoms with van der Waals surface area (Å²) in [5.41, 5.74) is 0. The second-order valence-electron chi connectivity index (χ2n) is 1.44. The predicted octanol–water partition coefficient (Wildman–Crippen LogP) is 0.276. The zero-order valence-electron chi connectivity index (χ0n) is 5.65. The van der Waals surface area contributed by atoms with Crippen LogP contribution in [0.25, 0.3) is 0 Å². The molecule has 1 amide bonds. The Morgan fingerprint density at radius 2 is 2.30 bits per heavy atom. The van der Waals surface area contributed by atoms with Gasteiger partial charge < -0.3 is 10.6 Å². The van der Waals surface area contributed by atoms with Gasteiger partial charge in [-0.05, 0) is 6.20 Å². The van der Waals surface area contributed by atoms with Gasteiger partial charge in [0.05, 0.1) is 0 Å². The van der Waals surface area contributed by atoms with Crippen molar-refractivity contribution in [1.29, 1.82) is 0 Å². The van der Waals surface area contributed by atoms with Crippen LogP contribution in [-0.2, 0) is 4.79 Å². The summed E-state index contributed by atoms with van der Waals surface area (Å²) in [6.45, 7) is 3.26. The van der Waals surface area contributed by atoms with Gasteiger partial charge in [0.15, 0.2) is 0 Å². The molecule has 56 valence electrons. The number of hydrogen-bond acceptors (Lipinski definition) is 2. The normalized spacial score (nSPS) is 10.4. The summed E-state index contributed by atoms with van der Waals surface area (Å²) in [6.07, 6.45) is 2.19. The van der Waals surface area contributed by atoms with E-state index in [2.05, 4.69) is 17.2 Å². The molecule has 0 unspecified atom stereocenters. The molecule has 0 aromatic rings. The summed E-state index contributed by atoms with van der Waals surface area (Å²) < 4.78 is 12.3. The highest BCUT2D eigenvalue weighted by Gasteiger charge is 2.02. The molecule has 0 bridgehead atoms. The van der Waals surface area contributed by atoms with Crippen LogP contribution in [0.15, 0.2) is 24.8 Å². The van der Waals surface area contributed by atoms with Crippen LogP contribution in [0.3, 0.4) is 0 Å². The smallest absolute Gasteiger partial charge is 0.281 e. The van der Waals surface area contributed by atoms with Gasteiger partial charge in [0.1, 0.15) is 0 Å². The standard InChI is InChI=1S/C6H9FN2O/c1-3-9-4-5(7)6(10)8-2/h3-4,9H,1H2,2H3,(H,8,10)/b5-4+. The number of rotatable bonds is 3. The van der Waals surface area contributed by atoms with E-state index in [9.17, 15) is 9.18 Å². The molecule has 2 N–H and O–H groups in total. The molecular formula is C6H9FN2O. The fourth-order valence-electron chi connectivity index (χ4n) is 0.317. The molecule has 0 spiro atoms. The molecule has 10 heavy (non-hydrogen) atoms. The van der Waals surface area contributed by atoms with Gasteiger partial charge in [0.25, 0.3) is 5.91 Å². The molecule has 0 aliphatic carbocycles. The van der Waals surface area contributed by atoms with Crippen LogP contribution in [0.2, 0.25) is 0 Å². The highest BCUT2D eigenvalue weighted by atomic mass is 19.1. The lowest BCUT2D eigenvalue weighted by atomic mass is 10.5. The van der Waals surface area contributed by atoms with Crippen LogP contribution >= 0.6 is 0 Å². The quantitative estimate of drug-likeness (QED) is 0.558. The Morgan fingerprint density at radius 3 is 2.70 bits per heavy atom. The van der Waals surface area contributed by atoms with E-state index < -0.39 is 11.7 Å². The monoisotopic (exact) mass is 144 g/mol. The minimum Gasteiger partial charge on any atom is -0.366 e. The molecule has 0 radical (unpaired) electrons. The summed E-state index contributed by atoms with van der Waals surface area (Å²) in [5.74, 6) is -1.63. The number of likely N-dealkylation sites (N-methyl/N-ethyl adjacent to an activating group) is 1. The highest BCUT2D eigenvalue weighted by molar-refractivity contribution is 5.90. The maximum Gasteiger partial charge on any atom is 0.281 e. The molecule has 0 aromatic carbocycles. The van der Waals surface area contributed by atoms with Crippen molar-refractivity contribution in [3.63, 3.8) is 0 Å². The summed E-state index contributed by atoms with van der Waals surface area (Å²) in [5, 5.41) is 4.45. The first-order chi connectivity index (χ1) is 4.72. The maximum atomic E-state index is 12.3. The summed E-state index contributed by atoms with van der Waals surface area (Å²) in [4.78, 5) is 10.4. The highest BCUT2D eigenvalue weighted by Crippen LogP contribution is 1.91. The predicted molar refractivity (Wildman–Crippen MR) is 36.6 cm³/mol. The summed E-state index contributed by atoms with van der Waals surface area (Å²) in [7, 11) is 1.35. The van der Waals surface area contributed by atoms with Crippen molar-refractivity contribution in [2.24, 2.45) is 0 Å². The van der Waals surface area contributed by atoms with Gasteiger partial charge in [-0.2, -0.15) is 4.39 Å². The van der Waals surface area contributed by atoms with Crippen molar-refractivity contribution in [1.82, 2.24) is 10.6 Å². The van der Waals surface area contributed by atoms with Crippen molar-refractivity contribution in [2.75, 3.05) is 7.05 Å². The molecule has 4 heteroatoms. The molecule has 0 aliphatic heterocycles. The van der Waals surface area contributed by atoms with Crippen molar-refractivity contribution >= 4 is 5.91 Å². The summed E-state index contributed by atoms with van der Waals surface area (Å²) in [6, 6.07) is 0. The minimum atomic E-state index is -0.873. The zero-order chi connectivity index (χ0) is 7.98. The second-order valence-corrected chi connectivity index (χ2v) is 1.44. The van der Waals surface area contributed by atoms with E-state index in [-0.39, 0.29) is 0 Å². The second kappa shape index (κ2) is 4.55. The van der Waals surface area contributed by atoms with E-state index in [0.717, 1.165) is 6.20 Å². The van der Waals surface area contributed by atoms with E-state index in [4.69, 9.17) is 0 Å². The van der Waals surface area contributed by atoms with E-state index in [0.29, 0.717) is 0 Å². The third-order valence-electron chi connectivity index (χ3n) is 0.772. The number of amides is 1. The molecule has 0 saturated carbocycles. The van der Waals surface area contributed by atoms with Crippen LogP contribution in [0.4, 0.5) is 4.39 Å². The lowest BCUT2D eigenvalue weighted by molar-refractivity contribution is -0.118. The lowest BCUT2D eigenvalue weighted by Crippen LogP contribution is -2.18. The number of halogens is 1. The molecule has 0 aliphatic rings. The number of carbonyl (C=O) groups excluding carboxylic acids is 1. The van der Waals surface area contributed by atoms with Crippen molar-refractivity contribution < 1.29 is 9.18 Å². The third kappa shape index (κ3) is 2.86. The first-order valence-corrected chi connectivity index (χ1v) is 2.67. The molecule has 0 rings (SSSR count). The average Bonchev–Trinajstić information content (AvgIpc) is 1.98. The van der Waals surface area contributed by atoms with E-state index in [1.165, 1.54) is 13.2 Å². The van der Waals surface area contributed by atoms with Gasteiger partial charge in [-0.3, -0.25) is 4.79 Å². The first kappa shape index (κ1) is 8.68. The molecule has 0 heterocycles. The van der Waals surface area contributed by atoms with Crippen LogP contribution < -0.4 is 10.6 Å². The van der Waals surface area contributed by atoms with Crippen LogP contribution in [-0.4, -0.2) is 13.0 Å². The Hall–Kier alpha value is -1.32. The lowest BCUT2D eigenvalue weighted by Gasteiger charge is -1.93. The number of nitrogens with one attached hydrogen (secondary N) is 2. The topological polar surface area (TPSA) is 41.1 Å². The zero-order valence-corrected chi connectivity index (χ0v) is 5.65. The fraction of sp³-hybridized carbons (Fsp3) is 0.167. The Balaban J connectivity index is 3.91. The molecule has 3 nitrogen and oxygen atoms in total. The minimum absolute atomic E-state index is 0.755. The maximum absolute atomic E-state index is 12.3. The van der Waals surface area contributed by atoms with Gasteiger partial charge >= 0.3 is 0 Å². The van der Waals surface area contributed by atoms with Crippen LogP contribution in [0.5, 0.6) is 0 Å². The van der Waals surface area contributed by atoms with E-state index >= 15 is 0 Å². The van der Waals surface area contributed by atoms with Gasteiger partial charge in [-0.15, -0.1) is 0 Å². The molecule has 0 fully saturated rings.